The number of nitrogens with zero attached hydrogens (tertiary/aromatic N) is 2. The minimum absolute atomic E-state index is 0.184. The maximum Gasteiger partial charge on any atom is 0.301 e. The van der Waals surface area contributed by atoms with E-state index in [1.54, 1.807) is 0 Å². The predicted molar refractivity (Wildman–Crippen MR) is 203 cm³/mol. The van der Waals surface area contributed by atoms with Crippen molar-refractivity contribution in [3.05, 3.63) is 174 Å². The van der Waals surface area contributed by atoms with Crippen LogP contribution in [0.4, 0.5) is 11.4 Å². The van der Waals surface area contributed by atoms with Crippen LogP contribution in [0.3, 0.4) is 0 Å². The summed E-state index contributed by atoms with van der Waals surface area (Å²) in [5, 5.41) is 0.789. The zero-order valence-corrected chi connectivity index (χ0v) is 29.3. The van der Waals surface area contributed by atoms with Crippen LogP contribution in [-0.2, 0) is 15.4 Å². The molecule has 0 radical (unpaired) electrons. The minimum Gasteiger partial charge on any atom is -0.270 e. The fourth-order valence-electron chi connectivity index (χ4n) is 8.35. The van der Waals surface area contributed by atoms with Crippen molar-refractivity contribution < 1.29 is 4.57 Å². The van der Waals surface area contributed by atoms with E-state index >= 15 is 4.57 Å². The second kappa shape index (κ2) is 10.8. The van der Waals surface area contributed by atoms with Crippen LogP contribution in [0.1, 0.15) is 63.3 Å². The maximum absolute atomic E-state index is 16.5. The largest absolute Gasteiger partial charge is 0.301 e. The van der Waals surface area contributed by atoms with Gasteiger partial charge in [-0.05, 0) is 94.3 Å². The third kappa shape index (κ3) is 4.10. The fourth-order valence-corrected chi connectivity index (χ4v) is 11.4. The maximum atomic E-state index is 16.5. The number of hydrogen-bond acceptors (Lipinski definition) is 1. The van der Waals surface area contributed by atoms with Crippen LogP contribution in [0, 0.1) is 0 Å². The molecule has 0 spiro atoms. The lowest BCUT2D eigenvalue weighted by Gasteiger charge is -2.33. The van der Waals surface area contributed by atoms with Crippen molar-refractivity contribution in [2.24, 2.45) is 0 Å². The van der Waals surface area contributed by atoms with Gasteiger partial charge in [-0.15, -0.1) is 6.58 Å². The van der Waals surface area contributed by atoms with Crippen molar-refractivity contribution in [2.75, 3.05) is 9.34 Å². The molecule has 1 fully saturated rings. The van der Waals surface area contributed by atoms with E-state index in [1.165, 1.54) is 44.5 Å². The summed E-state index contributed by atoms with van der Waals surface area (Å²) in [7, 11) is -3.54. The van der Waals surface area contributed by atoms with Gasteiger partial charge in [0.05, 0.1) is 16.7 Å². The van der Waals surface area contributed by atoms with Crippen molar-refractivity contribution in [1.82, 2.24) is 0 Å². The lowest BCUT2D eigenvalue weighted by Crippen LogP contribution is -2.27. The Bertz CT molecular complexity index is 2240. The van der Waals surface area contributed by atoms with Gasteiger partial charge in [0.15, 0.2) is 0 Å². The van der Waals surface area contributed by atoms with Gasteiger partial charge < -0.3 is 0 Å². The van der Waals surface area contributed by atoms with Crippen LogP contribution < -0.4 is 14.6 Å². The molecule has 1 unspecified atom stereocenters. The molecule has 3 nitrogen and oxygen atoms in total. The third-order valence-electron chi connectivity index (χ3n) is 10.7. The first kappa shape index (κ1) is 30.5. The topological polar surface area (TPSA) is 23.6 Å². The number of fused-ring (bicyclic) bond motifs is 6. The van der Waals surface area contributed by atoms with Crippen molar-refractivity contribution in [2.45, 2.75) is 51.9 Å². The number of benzene rings is 5. The molecular weight excluding hydrogens is 603 g/mol. The summed E-state index contributed by atoms with van der Waals surface area (Å²) in [6.45, 7) is 15.3. The minimum atomic E-state index is -3.54. The molecule has 4 heteroatoms. The Morgan fingerprint density at radius 1 is 0.604 bits per heavy atom. The zero-order chi connectivity index (χ0) is 33.4. The monoisotopic (exact) mass is 644 g/mol. The second-order valence-electron chi connectivity index (χ2n) is 14.1. The summed E-state index contributed by atoms with van der Waals surface area (Å²) >= 11 is 0. The standard InChI is InChI=1S/C44H41N2OP/c1-7-9-23-42-41(8-2)45(30-24-26-35-33-19-13-15-21-37(33)43(3,4)39(35)28-30)48(47,32-17-11-10-12-18-32)46(42)31-25-27-36-34-20-14-16-22-38(34)44(5,6)40(36)29-31/h7-8,10-29H,1,9H2,2-6H3/b41-8+,42-23?. The van der Waals surface area contributed by atoms with Gasteiger partial charge in [0, 0.05) is 22.2 Å². The molecule has 48 heavy (non-hydrogen) atoms. The molecule has 0 saturated carbocycles. The number of hydrogen-bond donors (Lipinski definition) is 0. The van der Waals surface area contributed by atoms with Gasteiger partial charge >= 0.3 is 7.44 Å². The van der Waals surface area contributed by atoms with Crippen LogP contribution >= 0.6 is 7.44 Å². The molecular formula is C44H41N2OP. The molecule has 0 aromatic heterocycles. The molecule has 5 aromatic rings. The Labute approximate surface area is 285 Å². The van der Waals surface area contributed by atoms with Gasteiger partial charge in [-0.1, -0.05) is 125 Å². The van der Waals surface area contributed by atoms with E-state index in [0.717, 1.165) is 28.1 Å². The first-order chi connectivity index (χ1) is 23.1. The van der Waals surface area contributed by atoms with E-state index in [1.807, 2.05) is 36.4 Å². The van der Waals surface area contributed by atoms with Gasteiger partial charge in [0.1, 0.15) is 0 Å². The van der Waals surface area contributed by atoms with Crippen LogP contribution in [-0.4, -0.2) is 0 Å². The Morgan fingerprint density at radius 3 is 1.56 bits per heavy atom. The van der Waals surface area contributed by atoms with Gasteiger partial charge in [-0.3, -0.25) is 13.9 Å². The lowest BCUT2D eigenvalue weighted by molar-refractivity contribution is 0.582. The van der Waals surface area contributed by atoms with E-state index in [-0.39, 0.29) is 10.8 Å². The molecule has 0 bridgehead atoms. The molecule has 238 valence electrons. The van der Waals surface area contributed by atoms with Gasteiger partial charge in [0.25, 0.3) is 0 Å². The number of anilines is 2. The molecule has 0 amide bonds. The Hall–Kier alpha value is -4.85. The molecule has 1 aliphatic heterocycles. The van der Waals surface area contributed by atoms with E-state index in [4.69, 9.17) is 0 Å². The quantitative estimate of drug-likeness (QED) is 0.140. The molecule has 1 heterocycles. The van der Waals surface area contributed by atoms with Crippen molar-refractivity contribution in [1.29, 1.82) is 0 Å². The summed E-state index contributed by atoms with van der Waals surface area (Å²) in [6, 6.07) is 40.8. The highest BCUT2D eigenvalue weighted by Crippen LogP contribution is 2.67. The number of rotatable bonds is 5. The van der Waals surface area contributed by atoms with E-state index < -0.39 is 7.44 Å². The van der Waals surface area contributed by atoms with Crippen molar-refractivity contribution in [3.63, 3.8) is 0 Å². The summed E-state index contributed by atoms with van der Waals surface area (Å²) in [4.78, 5) is 0. The Balaban J connectivity index is 1.38. The van der Waals surface area contributed by atoms with E-state index in [0.29, 0.717) is 6.42 Å². The van der Waals surface area contributed by atoms with Crippen LogP contribution in [0.15, 0.2) is 151 Å². The first-order valence-corrected chi connectivity index (χ1v) is 18.5. The highest BCUT2D eigenvalue weighted by Gasteiger charge is 2.52. The molecule has 5 aromatic carbocycles. The normalized spacial score (nSPS) is 21.3. The fraction of sp³-hybridized carbons (Fsp3) is 0.182. The number of allylic oxidation sites excluding steroid dienone is 3. The van der Waals surface area contributed by atoms with Gasteiger partial charge in [-0.2, -0.15) is 0 Å². The smallest absolute Gasteiger partial charge is 0.270 e. The molecule has 0 N–H and O–H groups in total. The molecule has 3 aliphatic rings. The predicted octanol–water partition coefficient (Wildman–Crippen LogP) is 11.5. The molecule has 2 aliphatic carbocycles. The van der Waals surface area contributed by atoms with Crippen LogP contribution in [0.5, 0.6) is 0 Å². The van der Waals surface area contributed by atoms with Crippen molar-refractivity contribution in [3.8, 4) is 22.3 Å². The van der Waals surface area contributed by atoms with E-state index in [9.17, 15) is 0 Å². The first-order valence-electron chi connectivity index (χ1n) is 16.9. The summed E-state index contributed by atoms with van der Waals surface area (Å²) in [5.74, 6) is 0. The molecule has 1 atom stereocenters. The molecule has 1 saturated heterocycles. The van der Waals surface area contributed by atoms with Crippen molar-refractivity contribution >= 4 is 24.1 Å². The van der Waals surface area contributed by atoms with Crippen LogP contribution in [0.2, 0.25) is 0 Å². The lowest BCUT2D eigenvalue weighted by atomic mass is 9.82. The van der Waals surface area contributed by atoms with Gasteiger partial charge in [-0.25, -0.2) is 0 Å². The summed E-state index contributed by atoms with van der Waals surface area (Å²) in [5.41, 5.74) is 13.5. The Kier molecular flexibility index (Phi) is 6.88. The van der Waals surface area contributed by atoms with Crippen LogP contribution in [0.25, 0.3) is 22.3 Å². The Morgan fingerprint density at radius 2 is 1.06 bits per heavy atom. The van der Waals surface area contributed by atoms with Gasteiger partial charge in [0.2, 0.25) is 0 Å². The third-order valence-corrected chi connectivity index (χ3v) is 13.7. The second-order valence-corrected chi connectivity index (χ2v) is 16.5. The highest BCUT2D eigenvalue weighted by atomic mass is 31.2. The SMILES string of the molecule is C=CCC=C1/C(=C\C)N(c2ccc3c(c2)C(C)(C)c2ccccc2-3)P(=O)(c2ccccc2)N1c1ccc2c(c1)C(C)(C)c1ccccc1-2. The highest BCUT2D eigenvalue weighted by molar-refractivity contribution is 7.75. The summed E-state index contributed by atoms with van der Waals surface area (Å²) in [6.07, 6.45) is 6.86. The summed E-state index contributed by atoms with van der Waals surface area (Å²) < 4.78 is 20.8. The molecule has 8 rings (SSSR count). The average Bonchev–Trinajstić information content (AvgIpc) is 3.61. The zero-order valence-electron chi connectivity index (χ0n) is 28.4. The van der Waals surface area contributed by atoms with E-state index in [2.05, 4.69) is 148 Å². The average molecular weight is 645 g/mol.